The molecule has 1 N–H and O–H groups in total. The summed E-state index contributed by atoms with van der Waals surface area (Å²) >= 11 is 1.23. The average Bonchev–Trinajstić information content (AvgIpc) is 2.80. The molecular formula is C27H25N3O3S. The fraction of sp³-hybridized carbons (Fsp3) is 0.185. The summed E-state index contributed by atoms with van der Waals surface area (Å²) in [5.41, 5.74) is 4.38. The zero-order chi connectivity index (χ0) is 24.4. The molecule has 0 aliphatic rings. The number of nitrogens with one attached hydrogen (secondary N) is 1. The fourth-order valence-electron chi connectivity index (χ4n) is 3.70. The van der Waals surface area contributed by atoms with Crippen LogP contribution in [0, 0.1) is 13.8 Å². The highest BCUT2D eigenvalue weighted by Gasteiger charge is 2.21. The third-order valence-electron chi connectivity index (χ3n) is 5.55. The van der Waals surface area contributed by atoms with E-state index in [1.807, 2.05) is 44.2 Å². The first-order valence-electron chi connectivity index (χ1n) is 10.9. The Morgan fingerprint density at radius 2 is 1.71 bits per heavy atom. The minimum absolute atomic E-state index is 0.0338. The number of nitrogens with zero attached hydrogens (tertiary/aromatic N) is 2. The number of benzene rings is 3. The molecular weight excluding hydrogens is 446 g/mol. The molecule has 0 saturated carbocycles. The van der Waals surface area contributed by atoms with Gasteiger partial charge < -0.3 is 5.32 Å². The Hall–Kier alpha value is -3.71. The molecule has 0 bridgehead atoms. The summed E-state index contributed by atoms with van der Waals surface area (Å²) in [6, 6.07) is 19.9. The first-order valence-corrected chi connectivity index (χ1v) is 11.8. The number of fused-ring (bicyclic) bond motifs is 1. The van der Waals surface area contributed by atoms with Gasteiger partial charge in [-0.2, -0.15) is 0 Å². The summed E-state index contributed by atoms with van der Waals surface area (Å²) < 4.78 is 1.59. The van der Waals surface area contributed by atoms with Gasteiger partial charge in [0, 0.05) is 11.3 Å². The molecule has 4 aromatic rings. The molecule has 1 aromatic heterocycles. The molecule has 6 nitrogen and oxygen atoms in total. The lowest BCUT2D eigenvalue weighted by Gasteiger charge is -2.18. The van der Waals surface area contributed by atoms with Gasteiger partial charge in [-0.15, -0.1) is 0 Å². The molecule has 1 atom stereocenters. The van der Waals surface area contributed by atoms with Crippen molar-refractivity contribution in [3.63, 3.8) is 0 Å². The maximum Gasteiger partial charge on any atom is 0.266 e. The quantitative estimate of drug-likeness (QED) is 0.234. The number of ketones is 1. The summed E-state index contributed by atoms with van der Waals surface area (Å²) in [7, 11) is 0. The maximum absolute atomic E-state index is 13.5. The van der Waals surface area contributed by atoms with Gasteiger partial charge in [-0.25, -0.2) is 4.98 Å². The first kappa shape index (κ1) is 23.4. The van der Waals surface area contributed by atoms with Crippen molar-refractivity contribution in [2.45, 2.75) is 38.1 Å². The normalized spacial score (nSPS) is 11.9. The number of rotatable bonds is 6. The molecule has 172 valence electrons. The first-order chi connectivity index (χ1) is 16.2. The third kappa shape index (κ3) is 4.79. The molecule has 1 amide bonds. The monoisotopic (exact) mass is 471 g/mol. The van der Waals surface area contributed by atoms with E-state index in [0.717, 1.165) is 16.8 Å². The Balaban J connectivity index is 1.69. The molecule has 1 heterocycles. The van der Waals surface area contributed by atoms with Crippen LogP contribution in [0.4, 0.5) is 5.69 Å². The molecule has 0 aliphatic heterocycles. The minimum Gasteiger partial charge on any atom is -0.325 e. The molecule has 0 fully saturated rings. The second kappa shape index (κ2) is 9.65. The van der Waals surface area contributed by atoms with E-state index in [1.54, 1.807) is 47.9 Å². The minimum atomic E-state index is -0.530. The van der Waals surface area contributed by atoms with Gasteiger partial charge in [0.15, 0.2) is 10.9 Å². The highest BCUT2D eigenvalue weighted by atomic mass is 32.2. The van der Waals surface area contributed by atoms with E-state index in [4.69, 9.17) is 4.98 Å². The van der Waals surface area contributed by atoms with Crippen LogP contribution in [0.15, 0.2) is 76.7 Å². The van der Waals surface area contributed by atoms with E-state index in [1.165, 1.54) is 18.7 Å². The molecule has 34 heavy (non-hydrogen) atoms. The summed E-state index contributed by atoms with van der Waals surface area (Å²) in [5, 5.41) is 3.31. The van der Waals surface area contributed by atoms with E-state index in [-0.39, 0.29) is 17.2 Å². The van der Waals surface area contributed by atoms with Crippen molar-refractivity contribution in [1.82, 2.24) is 9.55 Å². The number of para-hydroxylation sites is 1. The van der Waals surface area contributed by atoms with E-state index in [9.17, 15) is 14.4 Å². The van der Waals surface area contributed by atoms with Crippen LogP contribution in [-0.2, 0) is 4.79 Å². The van der Waals surface area contributed by atoms with E-state index in [0.29, 0.717) is 27.3 Å². The number of hydrogen-bond donors (Lipinski definition) is 1. The second-order valence-corrected chi connectivity index (χ2v) is 9.53. The van der Waals surface area contributed by atoms with Crippen molar-refractivity contribution in [2.24, 2.45) is 0 Å². The molecule has 0 radical (unpaired) electrons. The van der Waals surface area contributed by atoms with Crippen molar-refractivity contribution < 1.29 is 9.59 Å². The van der Waals surface area contributed by atoms with Crippen molar-refractivity contribution in [1.29, 1.82) is 0 Å². The lowest BCUT2D eigenvalue weighted by Crippen LogP contribution is -2.26. The molecule has 4 rings (SSSR count). The van der Waals surface area contributed by atoms with Crippen LogP contribution in [0.3, 0.4) is 0 Å². The number of aromatic nitrogens is 2. The van der Waals surface area contributed by atoms with Crippen LogP contribution in [0.25, 0.3) is 16.6 Å². The molecule has 3 aromatic carbocycles. The van der Waals surface area contributed by atoms with E-state index in [2.05, 4.69) is 5.32 Å². The lowest BCUT2D eigenvalue weighted by molar-refractivity contribution is -0.115. The van der Waals surface area contributed by atoms with E-state index >= 15 is 0 Å². The van der Waals surface area contributed by atoms with Crippen molar-refractivity contribution in [3.8, 4) is 5.69 Å². The van der Waals surface area contributed by atoms with Crippen molar-refractivity contribution in [3.05, 3.63) is 93.8 Å². The number of hydrogen-bond acceptors (Lipinski definition) is 5. The summed E-state index contributed by atoms with van der Waals surface area (Å²) in [5.74, 6) is -0.260. The number of aryl methyl sites for hydroxylation is 2. The van der Waals surface area contributed by atoms with Gasteiger partial charge >= 0.3 is 0 Å². The Labute approximate surface area is 202 Å². The Morgan fingerprint density at radius 1 is 1.00 bits per heavy atom. The maximum atomic E-state index is 13.5. The number of anilines is 1. The van der Waals surface area contributed by atoms with Crippen LogP contribution >= 0.6 is 11.8 Å². The van der Waals surface area contributed by atoms with Crippen LogP contribution in [0.5, 0.6) is 0 Å². The molecule has 0 aliphatic carbocycles. The largest absolute Gasteiger partial charge is 0.325 e. The summed E-state index contributed by atoms with van der Waals surface area (Å²) in [6.07, 6.45) is 0. The highest BCUT2D eigenvalue weighted by Crippen LogP contribution is 2.27. The van der Waals surface area contributed by atoms with Crippen LogP contribution in [0.2, 0.25) is 0 Å². The Kier molecular flexibility index (Phi) is 6.65. The van der Waals surface area contributed by atoms with E-state index < -0.39 is 5.25 Å². The standard InChI is InChI=1S/C27H25N3O3S/c1-16-9-14-24(17(2)15-16)30-26(33)22-7-5-6-8-23(22)29-27(30)34-19(4)25(32)28-21-12-10-20(11-13-21)18(3)31/h5-15,19H,1-4H3,(H,28,32). The van der Waals surface area contributed by atoms with Gasteiger partial charge in [0.2, 0.25) is 5.91 Å². The molecule has 1 unspecified atom stereocenters. The molecule has 0 spiro atoms. The summed E-state index contributed by atoms with van der Waals surface area (Å²) in [6.45, 7) is 7.23. The molecule has 0 saturated heterocycles. The van der Waals surface area contributed by atoms with Crippen LogP contribution in [0.1, 0.15) is 35.3 Å². The fourth-order valence-corrected chi connectivity index (χ4v) is 4.62. The Bertz CT molecular complexity index is 1460. The molecule has 7 heteroatoms. The van der Waals surface area contributed by atoms with Gasteiger partial charge in [-0.3, -0.25) is 19.0 Å². The predicted octanol–water partition coefficient (Wildman–Crippen LogP) is 5.32. The third-order valence-corrected chi connectivity index (χ3v) is 6.60. The smallest absolute Gasteiger partial charge is 0.266 e. The summed E-state index contributed by atoms with van der Waals surface area (Å²) in [4.78, 5) is 42.6. The van der Waals surface area contributed by atoms with Gasteiger partial charge in [-0.1, -0.05) is 41.6 Å². The van der Waals surface area contributed by atoms with Gasteiger partial charge in [0.05, 0.1) is 21.8 Å². The van der Waals surface area contributed by atoms with Crippen LogP contribution in [-0.4, -0.2) is 26.5 Å². The number of carbonyl (C=O) groups is 2. The van der Waals surface area contributed by atoms with Crippen molar-refractivity contribution in [2.75, 3.05) is 5.32 Å². The van der Waals surface area contributed by atoms with Crippen LogP contribution < -0.4 is 10.9 Å². The second-order valence-electron chi connectivity index (χ2n) is 8.22. The number of Topliss-reactive ketones (excluding diaryl/α,β-unsaturated/α-hetero) is 1. The lowest BCUT2D eigenvalue weighted by atomic mass is 10.1. The van der Waals surface area contributed by atoms with Gasteiger partial charge in [0.1, 0.15) is 0 Å². The Morgan fingerprint density at radius 3 is 2.38 bits per heavy atom. The zero-order valence-corrected chi connectivity index (χ0v) is 20.3. The highest BCUT2D eigenvalue weighted by molar-refractivity contribution is 8.00. The van der Waals surface area contributed by atoms with Gasteiger partial charge in [0.25, 0.3) is 5.56 Å². The number of carbonyl (C=O) groups excluding carboxylic acids is 2. The predicted molar refractivity (Wildman–Crippen MR) is 137 cm³/mol. The number of thioether (sulfide) groups is 1. The topological polar surface area (TPSA) is 81.1 Å². The zero-order valence-electron chi connectivity index (χ0n) is 19.5. The SMILES string of the molecule is CC(=O)c1ccc(NC(=O)C(C)Sc2nc3ccccc3c(=O)n2-c2ccc(C)cc2C)cc1. The van der Waals surface area contributed by atoms with Gasteiger partial charge in [-0.05, 0) is 75.7 Å². The van der Waals surface area contributed by atoms with Crippen molar-refractivity contribution >= 4 is 40.0 Å². The average molecular weight is 472 g/mol. The number of amides is 1.